The van der Waals surface area contributed by atoms with Gasteiger partial charge in [-0.05, 0) is 30.3 Å². The number of fused-ring (bicyclic) bond motifs is 1. The summed E-state index contributed by atoms with van der Waals surface area (Å²) in [7, 11) is 1.70. The van der Waals surface area contributed by atoms with Crippen molar-refractivity contribution in [3.05, 3.63) is 48.3 Å². The van der Waals surface area contributed by atoms with Crippen LogP contribution in [0.25, 0.3) is 11.1 Å². The summed E-state index contributed by atoms with van der Waals surface area (Å²) in [6.07, 6.45) is 0. The number of nitrogens with two attached hydrogens (primary N) is 1. The minimum absolute atomic E-state index is 0.325. The number of anilines is 3. The van der Waals surface area contributed by atoms with Gasteiger partial charge in [-0.15, -0.1) is 0 Å². The zero-order valence-electron chi connectivity index (χ0n) is 10.3. The summed E-state index contributed by atoms with van der Waals surface area (Å²) in [4.78, 5) is 5.86. The number of hydrogen-bond donors (Lipinski definition) is 1. The van der Waals surface area contributed by atoms with E-state index in [1.807, 2.05) is 0 Å². The maximum absolute atomic E-state index is 13.7. The molecule has 0 aliphatic carbocycles. The van der Waals surface area contributed by atoms with Crippen molar-refractivity contribution in [2.75, 3.05) is 17.7 Å². The Labute approximate surface area is 109 Å². The fraction of sp³-hybridized carbons (Fsp3) is 0.0714. The molecular weight excluding hydrogens is 245 g/mol. The summed E-state index contributed by atoms with van der Waals surface area (Å²) >= 11 is 0. The average Bonchev–Trinajstić information content (AvgIpc) is 2.81. The van der Waals surface area contributed by atoms with E-state index in [1.165, 1.54) is 6.07 Å². The number of oxazole rings is 1. The molecule has 0 radical (unpaired) electrons. The van der Waals surface area contributed by atoms with Crippen LogP contribution in [-0.2, 0) is 0 Å². The lowest BCUT2D eigenvalue weighted by molar-refractivity contribution is 0.590. The molecule has 3 aromatic rings. The van der Waals surface area contributed by atoms with E-state index in [0.717, 1.165) is 0 Å². The van der Waals surface area contributed by atoms with Crippen LogP contribution in [0.2, 0.25) is 0 Å². The number of nitrogens with zero attached hydrogens (tertiary/aromatic N) is 2. The van der Waals surface area contributed by atoms with Crippen LogP contribution >= 0.6 is 0 Å². The SMILES string of the molecule is CN(c1nc2cc(N)ccc2o1)c1ccccc1F. The molecule has 2 aromatic carbocycles. The summed E-state index contributed by atoms with van der Waals surface area (Å²) < 4.78 is 19.3. The molecule has 2 N–H and O–H groups in total. The second-order valence-electron chi connectivity index (χ2n) is 4.23. The molecule has 0 bridgehead atoms. The first-order valence-electron chi connectivity index (χ1n) is 5.79. The largest absolute Gasteiger partial charge is 0.423 e. The van der Waals surface area contributed by atoms with Crippen molar-refractivity contribution < 1.29 is 8.81 Å². The Morgan fingerprint density at radius 2 is 2.00 bits per heavy atom. The van der Waals surface area contributed by atoms with Crippen LogP contribution in [0.4, 0.5) is 21.8 Å². The number of rotatable bonds is 2. The molecule has 0 spiro atoms. The molecule has 4 nitrogen and oxygen atoms in total. The highest BCUT2D eigenvalue weighted by atomic mass is 19.1. The van der Waals surface area contributed by atoms with Gasteiger partial charge in [0.25, 0.3) is 0 Å². The van der Waals surface area contributed by atoms with E-state index in [1.54, 1.807) is 48.3 Å². The second-order valence-corrected chi connectivity index (χ2v) is 4.23. The normalized spacial score (nSPS) is 10.8. The topological polar surface area (TPSA) is 55.3 Å². The van der Waals surface area contributed by atoms with Gasteiger partial charge in [-0.2, -0.15) is 4.98 Å². The van der Waals surface area contributed by atoms with Gasteiger partial charge in [0.05, 0.1) is 5.69 Å². The lowest BCUT2D eigenvalue weighted by Gasteiger charge is -2.14. The van der Waals surface area contributed by atoms with Gasteiger partial charge in [0.2, 0.25) is 0 Å². The van der Waals surface area contributed by atoms with Crippen LogP contribution in [-0.4, -0.2) is 12.0 Å². The van der Waals surface area contributed by atoms with Crippen LogP contribution < -0.4 is 10.6 Å². The minimum Gasteiger partial charge on any atom is -0.423 e. The van der Waals surface area contributed by atoms with Gasteiger partial charge in [-0.1, -0.05) is 12.1 Å². The van der Waals surface area contributed by atoms with E-state index in [-0.39, 0.29) is 5.82 Å². The van der Waals surface area contributed by atoms with Crippen molar-refractivity contribution in [1.82, 2.24) is 4.98 Å². The molecule has 0 atom stereocenters. The predicted molar refractivity (Wildman–Crippen MR) is 72.9 cm³/mol. The van der Waals surface area contributed by atoms with E-state index in [4.69, 9.17) is 10.2 Å². The maximum atomic E-state index is 13.7. The summed E-state index contributed by atoms with van der Waals surface area (Å²) in [5, 5.41) is 0. The Morgan fingerprint density at radius 1 is 1.21 bits per heavy atom. The van der Waals surface area contributed by atoms with Gasteiger partial charge in [-0.3, -0.25) is 4.90 Å². The van der Waals surface area contributed by atoms with Gasteiger partial charge >= 0.3 is 6.01 Å². The Morgan fingerprint density at radius 3 is 2.79 bits per heavy atom. The molecule has 0 saturated heterocycles. The number of nitrogen functional groups attached to an aromatic ring is 1. The lowest BCUT2D eigenvalue weighted by Crippen LogP contribution is -2.11. The summed E-state index contributed by atoms with van der Waals surface area (Å²) in [6, 6.07) is 12.0. The van der Waals surface area contributed by atoms with E-state index < -0.39 is 0 Å². The highest BCUT2D eigenvalue weighted by molar-refractivity contribution is 5.79. The Kier molecular flexibility index (Phi) is 2.59. The van der Waals surface area contributed by atoms with Gasteiger partial charge in [-0.25, -0.2) is 4.39 Å². The first-order chi connectivity index (χ1) is 9.15. The molecule has 5 heteroatoms. The molecule has 0 unspecified atom stereocenters. The van der Waals surface area contributed by atoms with Crippen LogP contribution in [0.5, 0.6) is 0 Å². The second kappa shape index (κ2) is 4.28. The smallest absolute Gasteiger partial charge is 0.302 e. The minimum atomic E-state index is -0.327. The Bertz CT molecular complexity index is 738. The summed E-state index contributed by atoms with van der Waals surface area (Å²) in [5.74, 6) is -0.327. The molecule has 19 heavy (non-hydrogen) atoms. The molecule has 3 rings (SSSR count). The molecule has 1 heterocycles. The van der Waals surface area contributed by atoms with Crippen molar-refractivity contribution in [3.8, 4) is 0 Å². The zero-order chi connectivity index (χ0) is 13.4. The van der Waals surface area contributed by atoms with Crippen LogP contribution in [0.1, 0.15) is 0 Å². The maximum Gasteiger partial charge on any atom is 0.302 e. The average molecular weight is 257 g/mol. The van der Waals surface area contributed by atoms with Gasteiger partial charge < -0.3 is 10.2 Å². The van der Waals surface area contributed by atoms with Crippen LogP contribution in [0.3, 0.4) is 0 Å². The standard InChI is InChI=1S/C14H12FN3O/c1-18(12-5-3-2-4-10(12)15)14-17-11-8-9(16)6-7-13(11)19-14/h2-8H,16H2,1H3. The van der Waals surface area contributed by atoms with E-state index in [2.05, 4.69) is 4.98 Å². The fourth-order valence-electron chi connectivity index (χ4n) is 1.90. The molecule has 0 aliphatic heterocycles. The third-order valence-electron chi connectivity index (χ3n) is 2.90. The van der Waals surface area contributed by atoms with Crippen LogP contribution in [0, 0.1) is 5.82 Å². The summed E-state index contributed by atoms with van der Waals surface area (Å²) in [6.45, 7) is 0. The van der Waals surface area contributed by atoms with Crippen molar-refractivity contribution in [3.63, 3.8) is 0 Å². The van der Waals surface area contributed by atoms with Gasteiger partial charge in [0.1, 0.15) is 11.3 Å². The first-order valence-corrected chi connectivity index (χ1v) is 5.79. The van der Waals surface area contributed by atoms with E-state index in [9.17, 15) is 4.39 Å². The highest BCUT2D eigenvalue weighted by Gasteiger charge is 2.14. The quantitative estimate of drug-likeness (QED) is 0.715. The Hall–Kier alpha value is -2.56. The third kappa shape index (κ3) is 1.99. The molecule has 0 saturated carbocycles. The highest BCUT2D eigenvalue weighted by Crippen LogP contribution is 2.29. The molecule has 96 valence electrons. The van der Waals surface area contributed by atoms with Gasteiger partial charge in [0.15, 0.2) is 5.58 Å². The molecule has 0 aliphatic rings. The van der Waals surface area contributed by atoms with Crippen LogP contribution in [0.15, 0.2) is 46.9 Å². The van der Waals surface area contributed by atoms with Crippen molar-refractivity contribution in [2.24, 2.45) is 0 Å². The molecule has 0 amide bonds. The number of hydrogen-bond acceptors (Lipinski definition) is 4. The first kappa shape index (κ1) is 11.5. The predicted octanol–water partition coefficient (Wildman–Crippen LogP) is 3.32. The van der Waals surface area contributed by atoms with Crippen molar-refractivity contribution in [2.45, 2.75) is 0 Å². The molecule has 0 fully saturated rings. The monoisotopic (exact) mass is 257 g/mol. The lowest BCUT2D eigenvalue weighted by atomic mass is 10.3. The number of benzene rings is 2. The number of para-hydroxylation sites is 1. The van der Waals surface area contributed by atoms with Gasteiger partial charge in [0, 0.05) is 12.7 Å². The fourth-order valence-corrected chi connectivity index (χ4v) is 1.90. The van der Waals surface area contributed by atoms with Crippen molar-refractivity contribution in [1.29, 1.82) is 0 Å². The van der Waals surface area contributed by atoms with E-state index in [0.29, 0.717) is 28.5 Å². The van der Waals surface area contributed by atoms with Crippen molar-refractivity contribution >= 4 is 28.5 Å². The summed E-state index contributed by atoms with van der Waals surface area (Å²) in [5.41, 5.74) is 7.97. The third-order valence-corrected chi connectivity index (χ3v) is 2.90. The number of aromatic nitrogens is 1. The van der Waals surface area contributed by atoms with E-state index >= 15 is 0 Å². The molecule has 1 aromatic heterocycles. The Balaban J connectivity index is 2.07. The molecular formula is C14H12FN3O. The zero-order valence-corrected chi connectivity index (χ0v) is 10.3. The number of halogens is 1.